The molecule has 2 aliphatic rings. The molecule has 0 heterocycles. The van der Waals surface area contributed by atoms with Gasteiger partial charge in [-0.2, -0.15) is 0 Å². The monoisotopic (exact) mass is 374 g/mol. The molecule has 2 rings (SSSR count). The van der Waals surface area contributed by atoms with Gasteiger partial charge in [0.05, 0.1) is 10.7 Å². The van der Waals surface area contributed by atoms with E-state index in [2.05, 4.69) is 32.7 Å². The molecule has 0 aliphatic heterocycles. The fourth-order valence-corrected chi connectivity index (χ4v) is 3.70. The topological polar surface area (TPSA) is 24.4 Å². The normalized spacial score (nSPS) is 20.5. The molecule has 0 aromatic rings. The van der Waals surface area contributed by atoms with Crippen LogP contribution in [0.25, 0.3) is 0 Å². The minimum Gasteiger partial charge on any atom is -0.367 e. The maximum absolute atomic E-state index is 6.59. The number of nitrogens with one attached hydrogen (secondary N) is 1. The van der Waals surface area contributed by atoms with E-state index in [4.69, 9.17) is 16.6 Å². The van der Waals surface area contributed by atoms with Gasteiger partial charge in [0.15, 0.2) is 0 Å². The molecule has 0 aromatic carbocycles. The van der Waals surface area contributed by atoms with Gasteiger partial charge < -0.3 is 5.32 Å². The van der Waals surface area contributed by atoms with Crippen LogP contribution in [0.1, 0.15) is 79.1 Å². The molecule has 144 valence electrons. The van der Waals surface area contributed by atoms with Crippen LogP contribution in [0.4, 0.5) is 0 Å². The highest BCUT2D eigenvalue weighted by Gasteiger charge is 2.23. The Morgan fingerprint density at radius 1 is 1.12 bits per heavy atom. The number of hydrogen-bond acceptors (Lipinski definition) is 2. The van der Waals surface area contributed by atoms with Crippen molar-refractivity contribution in [2.24, 2.45) is 10.9 Å². The Labute approximate surface area is 165 Å². The highest BCUT2D eigenvalue weighted by molar-refractivity contribution is 6.46. The van der Waals surface area contributed by atoms with Crippen LogP contribution in [0, 0.1) is 5.92 Å². The van der Waals surface area contributed by atoms with Crippen LogP contribution in [0.3, 0.4) is 0 Å². The molecule has 0 unspecified atom stereocenters. The van der Waals surface area contributed by atoms with E-state index in [0.29, 0.717) is 11.1 Å². The van der Waals surface area contributed by atoms with Crippen molar-refractivity contribution in [1.29, 1.82) is 0 Å². The van der Waals surface area contributed by atoms with E-state index in [1.807, 2.05) is 19.1 Å². The molecule has 0 amide bonds. The lowest BCUT2D eigenvalue weighted by molar-refractivity contribution is 0.394. The molecule has 2 fully saturated rings. The molecule has 0 aromatic heterocycles. The van der Waals surface area contributed by atoms with Gasteiger partial charge in [0.2, 0.25) is 0 Å². The zero-order valence-electron chi connectivity index (χ0n) is 17.0. The molecule has 3 heteroatoms. The van der Waals surface area contributed by atoms with Gasteiger partial charge in [0, 0.05) is 11.6 Å². The minimum absolute atomic E-state index is 0.520. The molecule has 0 spiro atoms. The third-order valence-electron chi connectivity index (χ3n) is 5.33. The van der Waals surface area contributed by atoms with E-state index < -0.39 is 0 Å². The van der Waals surface area contributed by atoms with Gasteiger partial charge in [-0.25, -0.2) is 4.99 Å². The number of allylic oxidation sites excluding steroid dienone is 6. The fourth-order valence-electron chi connectivity index (χ4n) is 3.56. The average molecular weight is 375 g/mol. The average Bonchev–Trinajstić information content (AvgIpc) is 3.44. The van der Waals surface area contributed by atoms with Crippen molar-refractivity contribution >= 4 is 17.3 Å². The molecule has 0 bridgehead atoms. The minimum atomic E-state index is 0.520. The number of aliphatic imine (C=N–C) groups is 1. The summed E-state index contributed by atoms with van der Waals surface area (Å²) in [6, 6.07) is 0.520. The Hall–Kier alpha value is -1.28. The van der Waals surface area contributed by atoms with Crippen molar-refractivity contribution < 1.29 is 0 Å². The van der Waals surface area contributed by atoms with Crippen molar-refractivity contribution in [3.63, 3.8) is 0 Å². The van der Waals surface area contributed by atoms with Crippen LogP contribution >= 0.6 is 11.6 Å². The lowest BCUT2D eigenvalue weighted by Gasteiger charge is -2.25. The summed E-state index contributed by atoms with van der Waals surface area (Å²) in [5, 5.41) is 4.38. The zero-order valence-corrected chi connectivity index (χ0v) is 17.8. The smallest absolute Gasteiger partial charge is 0.125 e. The molecular formula is C23H35ClN2. The summed E-state index contributed by atoms with van der Waals surface area (Å²) in [4.78, 5) is 5.02. The Balaban J connectivity index is 2.35. The van der Waals surface area contributed by atoms with Gasteiger partial charge in [-0.15, -0.1) is 0 Å². The fraction of sp³-hybridized carbons (Fsp3) is 0.609. The Bertz CT molecular complexity index is 623. The van der Waals surface area contributed by atoms with Crippen LogP contribution in [-0.4, -0.2) is 11.8 Å². The van der Waals surface area contributed by atoms with E-state index in [0.717, 1.165) is 29.4 Å². The third kappa shape index (κ3) is 6.16. The van der Waals surface area contributed by atoms with E-state index in [1.165, 1.54) is 56.1 Å². The molecule has 0 saturated heterocycles. The molecule has 2 saturated carbocycles. The molecular weight excluding hydrogens is 340 g/mol. The second kappa shape index (κ2) is 10.2. The van der Waals surface area contributed by atoms with Gasteiger partial charge in [-0.3, -0.25) is 0 Å². The molecule has 0 atom stereocenters. The summed E-state index contributed by atoms with van der Waals surface area (Å²) in [6.45, 7) is 12.4. The largest absolute Gasteiger partial charge is 0.367 e. The quantitative estimate of drug-likeness (QED) is 0.357. The highest BCUT2D eigenvalue weighted by Crippen LogP contribution is 2.36. The molecule has 1 N–H and O–H groups in total. The zero-order chi connectivity index (χ0) is 19.1. The van der Waals surface area contributed by atoms with Crippen molar-refractivity contribution in [3.05, 3.63) is 46.3 Å². The van der Waals surface area contributed by atoms with Crippen molar-refractivity contribution in [2.75, 3.05) is 0 Å². The van der Waals surface area contributed by atoms with E-state index in [9.17, 15) is 0 Å². The first-order chi connectivity index (χ1) is 12.5. The lowest BCUT2D eigenvalue weighted by Crippen LogP contribution is -2.30. The number of hydrogen-bond donors (Lipinski definition) is 1. The first-order valence-electron chi connectivity index (χ1n) is 10.1. The second-order valence-corrected chi connectivity index (χ2v) is 8.38. The van der Waals surface area contributed by atoms with Gasteiger partial charge in [0.1, 0.15) is 5.82 Å². The number of rotatable bonds is 8. The summed E-state index contributed by atoms with van der Waals surface area (Å²) in [5.41, 5.74) is 4.47. The molecule has 26 heavy (non-hydrogen) atoms. The summed E-state index contributed by atoms with van der Waals surface area (Å²) >= 11 is 6.59. The van der Waals surface area contributed by atoms with Crippen LogP contribution in [0.5, 0.6) is 0 Å². The van der Waals surface area contributed by atoms with E-state index >= 15 is 0 Å². The predicted octanol–water partition coefficient (Wildman–Crippen LogP) is 7.05. The van der Waals surface area contributed by atoms with Gasteiger partial charge in [-0.05, 0) is 71.3 Å². The van der Waals surface area contributed by atoms with Crippen LogP contribution in [0.15, 0.2) is 51.3 Å². The van der Waals surface area contributed by atoms with Crippen molar-refractivity contribution in [3.8, 4) is 0 Å². The first kappa shape index (κ1) is 21.0. The van der Waals surface area contributed by atoms with Gasteiger partial charge >= 0.3 is 0 Å². The summed E-state index contributed by atoms with van der Waals surface area (Å²) in [5.74, 6) is 1.80. The lowest BCUT2D eigenvalue weighted by atomic mass is 9.95. The van der Waals surface area contributed by atoms with E-state index in [1.54, 1.807) is 0 Å². The SMILES string of the molecule is C=CC(=C(C)CC1CC1)C(=N/C(NC1CCCCC1)=C(C)C)/C(Cl)=C\C. The summed E-state index contributed by atoms with van der Waals surface area (Å²) in [6.07, 6.45) is 14.1. The number of nitrogens with zero attached hydrogens (tertiary/aromatic N) is 1. The van der Waals surface area contributed by atoms with Gasteiger partial charge in [0.25, 0.3) is 0 Å². The molecule has 2 aliphatic carbocycles. The summed E-state index contributed by atoms with van der Waals surface area (Å²) in [7, 11) is 0. The third-order valence-corrected chi connectivity index (χ3v) is 5.73. The van der Waals surface area contributed by atoms with Crippen molar-refractivity contribution in [1.82, 2.24) is 5.32 Å². The second-order valence-electron chi connectivity index (χ2n) is 7.97. The molecule has 0 radical (unpaired) electrons. The van der Waals surface area contributed by atoms with Crippen LogP contribution < -0.4 is 5.32 Å². The standard InChI is InChI=1S/C23H35ClN2/c1-6-20(17(5)15-18-13-14-18)22(21(24)7-2)26-23(16(3)4)25-19-11-9-8-10-12-19/h6-7,18-19,25H,1,8-15H2,2-5H3/b20-17?,21-7+,26-22-. The van der Waals surface area contributed by atoms with Crippen molar-refractivity contribution in [2.45, 2.75) is 85.1 Å². The maximum Gasteiger partial charge on any atom is 0.125 e. The first-order valence-corrected chi connectivity index (χ1v) is 10.5. The maximum atomic E-state index is 6.59. The van der Waals surface area contributed by atoms with Crippen LogP contribution in [-0.2, 0) is 0 Å². The number of halogens is 1. The summed E-state index contributed by atoms with van der Waals surface area (Å²) < 4.78 is 0. The predicted molar refractivity (Wildman–Crippen MR) is 116 cm³/mol. The Morgan fingerprint density at radius 3 is 2.27 bits per heavy atom. The Kier molecular flexibility index (Phi) is 8.21. The Morgan fingerprint density at radius 2 is 1.77 bits per heavy atom. The highest BCUT2D eigenvalue weighted by atomic mass is 35.5. The van der Waals surface area contributed by atoms with Gasteiger partial charge in [-0.1, -0.05) is 55.2 Å². The van der Waals surface area contributed by atoms with E-state index in [-0.39, 0.29) is 0 Å². The molecule has 2 nitrogen and oxygen atoms in total. The van der Waals surface area contributed by atoms with Crippen LogP contribution in [0.2, 0.25) is 0 Å².